The Kier molecular flexibility index (Phi) is 10.1. The van der Waals surface area contributed by atoms with Gasteiger partial charge in [0.2, 0.25) is 0 Å². The van der Waals surface area contributed by atoms with Gasteiger partial charge in [-0.25, -0.2) is 23.4 Å². The number of carboxylic acid groups (broad SMARTS) is 1. The van der Waals surface area contributed by atoms with E-state index in [1.54, 1.807) is 27.0 Å². The van der Waals surface area contributed by atoms with Gasteiger partial charge >= 0.3 is 12.2 Å². The maximum atomic E-state index is 14.7. The molecule has 12 nitrogen and oxygen atoms in total. The van der Waals surface area contributed by atoms with E-state index < -0.39 is 46.3 Å². The summed E-state index contributed by atoms with van der Waals surface area (Å²) < 4.78 is 34.8. The van der Waals surface area contributed by atoms with Crippen LogP contribution in [0.25, 0.3) is 10.6 Å². The SMILES string of the molecule is CC(C)(C)OC(=O)Nc1sc(-c2c(F)cccc2F)nc1C(=O)NCC(C)(C)c1cnc2c(c1N1CCC[C@H](NC(=O)O)C1)CCC2C#N. The highest BCUT2D eigenvalue weighted by Gasteiger charge is 2.37. The first kappa shape index (κ1) is 35.5. The summed E-state index contributed by atoms with van der Waals surface area (Å²) in [6.45, 7) is 10.0. The van der Waals surface area contributed by atoms with Crippen molar-refractivity contribution in [3.8, 4) is 16.6 Å². The van der Waals surface area contributed by atoms with Crippen LogP contribution in [0.1, 0.15) is 87.1 Å². The van der Waals surface area contributed by atoms with Crippen LogP contribution in [-0.4, -0.2) is 64.4 Å². The lowest BCUT2D eigenvalue weighted by molar-refractivity contribution is 0.0636. The van der Waals surface area contributed by atoms with Crippen molar-refractivity contribution < 1.29 is 33.0 Å². The molecule has 1 fully saturated rings. The molecule has 0 spiro atoms. The number of hydrogen-bond acceptors (Lipinski definition) is 9. The Bertz CT molecular complexity index is 1800. The predicted octanol–water partition coefficient (Wildman–Crippen LogP) is 6.33. The Balaban J connectivity index is 1.46. The fourth-order valence-corrected chi connectivity index (χ4v) is 7.23. The third kappa shape index (κ3) is 7.91. The van der Waals surface area contributed by atoms with Gasteiger partial charge in [-0.3, -0.25) is 15.1 Å². The number of anilines is 2. The lowest BCUT2D eigenvalue weighted by Crippen LogP contribution is -2.48. The van der Waals surface area contributed by atoms with E-state index in [1.807, 2.05) is 13.8 Å². The van der Waals surface area contributed by atoms with Crippen LogP contribution >= 0.6 is 11.3 Å². The molecule has 49 heavy (non-hydrogen) atoms. The number of fused-ring (bicyclic) bond motifs is 1. The molecule has 3 amide bonds. The van der Waals surface area contributed by atoms with Gasteiger partial charge in [-0.05, 0) is 64.2 Å². The third-order valence-corrected chi connectivity index (χ3v) is 9.46. The summed E-state index contributed by atoms with van der Waals surface area (Å²) in [5.74, 6) is -2.79. The van der Waals surface area contributed by atoms with Crippen molar-refractivity contribution in [1.82, 2.24) is 20.6 Å². The van der Waals surface area contributed by atoms with Crippen molar-refractivity contribution in [2.24, 2.45) is 0 Å². The van der Waals surface area contributed by atoms with E-state index >= 15 is 0 Å². The standard InChI is InChI=1S/C34H39F2N7O5S/c1-33(2,3)48-32(47)42-30-26(41-29(49-30)24-22(35)9-6-10-23(24)36)28(44)39-17-34(4,5)21-15-38-25-18(14-37)11-12-20(25)27(21)43-13-7-8-19(16-43)40-31(45)46/h6,9-10,15,18-19,40H,7-8,11-13,16-17H2,1-5H3,(H,39,44)(H,42,47)(H,45,46)/t18?,19-/m0/s1. The number of rotatable bonds is 8. The molecule has 1 unspecified atom stereocenters. The molecule has 3 heterocycles. The summed E-state index contributed by atoms with van der Waals surface area (Å²) in [5, 5.41) is 26.9. The number of carbonyl (C=O) groups excluding carboxylic acids is 2. The predicted molar refractivity (Wildman–Crippen MR) is 180 cm³/mol. The summed E-state index contributed by atoms with van der Waals surface area (Å²) in [6, 6.07) is 5.42. The number of nitrogens with one attached hydrogen (secondary N) is 3. The summed E-state index contributed by atoms with van der Waals surface area (Å²) in [6.07, 6.45) is 2.46. The fourth-order valence-electron chi connectivity index (χ4n) is 6.23. The van der Waals surface area contributed by atoms with Crippen LogP contribution < -0.4 is 20.9 Å². The number of hydrogen-bond donors (Lipinski definition) is 4. The minimum atomic E-state index is -1.09. The van der Waals surface area contributed by atoms with Crippen LogP contribution in [0.15, 0.2) is 24.4 Å². The maximum absolute atomic E-state index is 14.7. The first-order valence-corrected chi connectivity index (χ1v) is 16.8. The molecule has 1 saturated heterocycles. The van der Waals surface area contributed by atoms with Gasteiger partial charge in [0.1, 0.15) is 27.2 Å². The van der Waals surface area contributed by atoms with Crippen molar-refractivity contribution in [2.45, 2.75) is 83.3 Å². The molecule has 4 N–H and O–H groups in total. The Morgan fingerprint density at radius 2 is 1.88 bits per heavy atom. The summed E-state index contributed by atoms with van der Waals surface area (Å²) in [5.41, 5.74) is 1.07. The Hall–Kier alpha value is -4.84. The van der Waals surface area contributed by atoms with Gasteiger partial charge in [0, 0.05) is 48.5 Å². The van der Waals surface area contributed by atoms with Crippen molar-refractivity contribution in [2.75, 3.05) is 29.9 Å². The van der Waals surface area contributed by atoms with Gasteiger partial charge in [-0.15, -0.1) is 0 Å². The molecule has 0 bridgehead atoms. The molecular formula is C34H39F2N7O5S. The number of pyridine rings is 1. The quantitative estimate of drug-likeness (QED) is 0.210. The second-order valence-electron chi connectivity index (χ2n) is 13.8. The van der Waals surface area contributed by atoms with E-state index in [4.69, 9.17) is 9.72 Å². The minimum Gasteiger partial charge on any atom is -0.465 e. The largest absolute Gasteiger partial charge is 0.465 e. The topological polar surface area (TPSA) is 170 Å². The monoisotopic (exact) mass is 695 g/mol. The van der Waals surface area contributed by atoms with Crippen molar-refractivity contribution >= 4 is 40.1 Å². The molecule has 1 aliphatic heterocycles. The highest BCUT2D eigenvalue weighted by atomic mass is 32.1. The zero-order valence-corrected chi connectivity index (χ0v) is 28.8. The molecule has 5 rings (SSSR count). The first-order valence-electron chi connectivity index (χ1n) is 16.0. The molecule has 2 aromatic heterocycles. The van der Waals surface area contributed by atoms with E-state index in [0.717, 1.165) is 46.7 Å². The minimum absolute atomic E-state index is 0.0464. The number of thiazole rings is 1. The Morgan fingerprint density at radius 1 is 1.16 bits per heavy atom. The molecule has 1 aromatic carbocycles. The van der Waals surface area contributed by atoms with E-state index in [0.29, 0.717) is 38.0 Å². The molecule has 260 valence electrons. The number of benzene rings is 1. The summed E-state index contributed by atoms with van der Waals surface area (Å²) >= 11 is 0.740. The average molecular weight is 696 g/mol. The Morgan fingerprint density at radius 3 is 2.53 bits per heavy atom. The fraction of sp³-hybridized carbons (Fsp3) is 0.471. The number of ether oxygens (including phenoxy) is 1. The van der Waals surface area contributed by atoms with Crippen LogP contribution in [0.2, 0.25) is 0 Å². The number of piperidine rings is 1. The van der Waals surface area contributed by atoms with Gasteiger partial charge in [0.15, 0.2) is 5.69 Å². The van der Waals surface area contributed by atoms with Crippen LogP contribution in [0.3, 0.4) is 0 Å². The zero-order valence-electron chi connectivity index (χ0n) is 27.9. The van der Waals surface area contributed by atoms with Crippen LogP contribution in [0.4, 0.5) is 29.1 Å². The maximum Gasteiger partial charge on any atom is 0.412 e. The average Bonchev–Trinajstić information content (AvgIpc) is 3.62. The van der Waals surface area contributed by atoms with E-state index in [2.05, 4.69) is 31.9 Å². The molecule has 0 radical (unpaired) electrons. The van der Waals surface area contributed by atoms with Crippen LogP contribution in [-0.2, 0) is 16.6 Å². The molecule has 1 aliphatic carbocycles. The van der Waals surface area contributed by atoms with Crippen molar-refractivity contribution in [3.63, 3.8) is 0 Å². The molecule has 3 aromatic rings. The molecular weight excluding hydrogens is 656 g/mol. The number of nitrogens with zero attached hydrogens (tertiary/aromatic N) is 4. The van der Waals surface area contributed by atoms with Gasteiger partial charge in [-0.1, -0.05) is 31.3 Å². The Labute approximate surface area is 286 Å². The second-order valence-corrected chi connectivity index (χ2v) is 14.8. The number of aromatic nitrogens is 2. The first-order chi connectivity index (χ1) is 23.1. The number of halogens is 2. The molecule has 2 aliphatic rings. The smallest absolute Gasteiger partial charge is 0.412 e. The zero-order chi connectivity index (χ0) is 35.7. The normalized spacial score (nSPS) is 17.6. The molecule has 2 atom stereocenters. The van der Waals surface area contributed by atoms with Gasteiger partial charge in [0.05, 0.1) is 23.2 Å². The van der Waals surface area contributed by atoms with E-state index in [1.165, 1.54) is 6.07 Å². The lowest BCUT2D eigenvalue weighted by atomic mass is 9.82. The molecule has 15 heteroatoms. The molecule has 0 saturated carbocycles. The summed E-state index contributed by atoms with van der Waals surface area (Å²) in [7, 11) is 0. The second kappa shape index (κ2) is 13.9. The lowest BCUT2D eigenvalue weighted by Gasteiger charge is -2.39. The van der Waals surface area contributed by atoms with Gasteiger partial charge in [-0.2, -0.15) is 5.26 Å². The number of carbonyl (C=O) groups is 3. The van der Waals surface area contributed by atoms with Crippen LogP contribution in [0, 0.1) is 23.0 Å². The van der Waals surface area contributed by atoms with Gasteiger partial charge < -0.3 is 25.4 Å². The van der Waals surface area contributed by atoms with Crippen molar-refractivity contribution in [1.29, 1.82) is 5.26 Å². The van der Waals surface area contributed by atoms with Crippen LogP contribution in [0.5, 0.6) is 0 Å². The third-order valence-electron chi connectivity index (χ3n) is 8.47. The van der Waals surface area contributed by atoms with E-state index in [-0.39, 0.29) is 34.2 Å². The summed E-state index contributed by atoms with van der Waals surface area (Å²) in [4.78, 5) is 49.0. The number of nitriles is 1. The number of amides is 3. The highest BCUT2D eigenvalue weighted by Crippen LogP contribution is 2.43. The highest BCUT2D eigenvalue weighted by molar-refractivity contribution is 7.19. The van der Waals surface area contributed by atoms with Crippen molar-refractivity contribution in [3.05, 3.63) is 58.5 Å². The van der Waals surface area contributed by atoms with E-state index in [9.17, 15) is 33.5 Å². The van der Waals surface area contributed by atoms with Gasteiger partial charge in [0.25, 0.3) is 5.91 Å².